The van der Waals surface area contributed by atoms with E-state index in [1.807, 2.05) is 0 Å². The van der Waals surface area contributed by atoms with Gasteiger partial charge in [0, 0.05) is 29.6 Å². The number of nitrogens with one attached hydrogen (secondary N) is 3. The highest BCUT2D eigenvalue weighted by Crippen LogP contribution is 2.38. The third kappa shape index (κ3) is 4.90. The molecule has 2 aromatic carbocycles. The van der Waals surface area contributed by atoms with Gasteiger partial charge >= 0.3 is 6.18 Å². The Labute approximate surface area is 185 Å². The topological polar surface area (TPSA) is 121 Å². The Balaban J connectivity index is 2.15. The number of amides is 2. The molecule has 0 spiro atoms. The molecule has 1 aliphatic rings. The maximum atomic E-state index is 13.8. The third-order valence-electron chi connectivity index (χ3n) is 5.19. The van der Waals surface area contributed by atoms with Crippen molar-refractivity contribution < 1.29 is 27.2 Å². The average molecular weight is 459 g/mol. The molecule has 2 atom stereocenters. The molecule has 0 saturated heterocycles. The molecule has 0 aromatic heterocycles. The standard InChI is InChI=1S/C22H17F4N5O2/c23-14-5-12(8-27)6-15(7-14)30-20(32)18-16-3-1-2-4-17(16)21(33)31(11-22(24,25)26)19(18)13(9-28)10-29/h1-7,9-10,13,18-19,28-29H,11H2,(H,30,32)/t13?,18-,19+/m0/s1. The molecule has 0 saturated carbocycles. The van der Waals surface area contributed by atoms with Gasteiger partial charge in [-0.3, -0.25) is 9.59 Å². The van der Waals surface area contributed by atoms with Crippen molar-refractivity contribution in [2.75, 3.05) is 11.9 Å². The number of rotatable bonds is 6. The number of fused-ring (bicyclic) bond motifs is 1. The summed E-state index contributed by atoms with van der Waals surface area (Å²) in [4.78, 5) is 26.7. The molecular formula is C22H17F4N5O2. The van der Waals surface area contributed by atoms with Gasteiger partial charge in [-0.25, -0.2) is 4.39 Å². The van der Waals surface area contributed by atoms with E-state index < -0.39 is 48.2 Å². The Morgan fingerprint density at radius 1 is 1.21 bits per heavy atom. The van der Waals surface area contributed by atoms with E-state index in [9.17, 15) is 27.2 Å². The van der Waals surface area contributed by atoms with Crippen molar-refractivity contribution in [1.29, 1.82) is 16.1 Å². The second kappa shape index (κ2) is 9.20. The fraction of sp³-hybridized carbons (Fsp3) is 0.227. The van der Waals surface area contributed by atoms with E-state index in [1.54, 1.807) is 6.07 Å². The number of carbonyl (C=O) groups excluding carboxylic acids is 2. The van der Waals surface area contributed by atoms with Crippen molar-refractivity contribution in [3.8, 4) is 6.07 Å². The van der Waals surface area contributed by atoms with Crippen LogP contribution < -0.4 is 5.32 Å². The minimum Gasteiger partial charge on any atom is -0.325 e. The van der Waals surface area contributed by atoms with Crippen LogP contribution in [0.3, 0.4) is 0 Å². The number of anilines is 1. The van der Waals surface area contributed by atoms with E-state index in [0.29, 0.717) is 17.3 Å². The molecule has 2 aromatic rings. The smallest absolute Gasteiger partial charge is 0.325 e. The number of alkyl halides is 3. The van der Waals surface area contributed by atoms with Gasteiger partial charge in [0.2, 0.25) is 5.91 Å². The lowest BCUT2D eigenvalue weighted by Gasteiger charge is -2.43. The van der Waals surface area contributed by atoms with E-state index in [2.05, 4.69) is 5.32 Å². The molecule has 170 valence electrons. The maximum absolute atomic E-state index is 13.8. The molecule has 7 nitrogen and oxygen atoms in total. The highest BCUT2D eigenvalue weighted by Gasteiger charge is 2.49. The summed E-state index contributed by atoms with van der Waals surface area (Å²) in [5.74, 6) is -5.39. The monoisotopic (exact) mass is 459 g/mol. The first-order chi connectivity index (χ1) is 15.6. The summed E-state index contributed by atoms with van der Waals surface area (Å²) in [6.07, 6.45) is -3.42. The second-order valence-corrected chi connectivity index (χ2v) is 7.34. The molecule has 3 N–H and O–H groups in total. The zero-order valence-corrected chi connectivity index (χ0v) is 16.9. The first-order valence-electron chi connectivity index (χ1n) is 9.59. The number of benzene rings is 2. The molecule has 0 fully saturated rings. The van der Waals surface area contributed by atoms with Crippen molar-refractivity contribution in [2.45, 2.75) is 18.1 Å². The fourth-order valence-corrected chi connectivity index (χ4v) is 3.91. The lowest BCUT2D eigenvalue weighted by atomic mass is 9.77. The van der Waals surface area contributed by atoms with E-state index in [-0.39, 0.29) is 22.4 Å². The van der Waals surface area contributed by atoms with Gasteiger partial charge in [-0.15, -0.1) is 0 Å². The summed E-state index contributed by atoms with van der Waals surface area (Å²) < 4.78 is 53.9. The average Bonchev–Trinajstić information content (AvgIpc) is 2.75. The predicted octanol–water partition coefficient (Wildman–Crippen LogP) is 3.72. The summed E-state index contributed by atoms with van der Waals surface area (Å²) >= 11 is 0. The lowest BCUT2D eigenvalue weighted by Crippen LogP contribution is -2.57. The lowest BCUT2D eigenvalue weighted by molar-refractivity contribution is -0.148. The quantitative estimate of drug-likeness (QED) is 0.451. The van der Waals surface area contributed by atoms with Crippen LogP contribution in [-0.2, 0) is 4.79 Å². The van der Waals surface area contributed by atoms with Crippen LogP contribution in [0.15, 0.2) is 42.5 Å². The molecule has 1 heterocycles. The van der Waals surface area contributed by atoms with Gasteiger partial charge in [-0.1, -0.05) is 18.2 Å². The van der Waals surface area contributed by atoms with E-state index in [1.165, 1.54) is 30.3 Å². The van der Waals surface area contributed by atoms with Crippen LogP contribution in [0.25, 0.3) is 0 Å². The molecule has 0 aliphatic carbocycles. The van der Waals surface area contributed by atoms with Crippen LogP contribution in [0.2, 0.25) is 0 Å². The highest BCUT2D eigenvalue weighted by atomic mass is 19.4. The van der Waals surface area contributed by atoms with Gasteiger partial charge < -0.3 is 21.0 Å². The number of nitriles is 1. The summed E-state index contributed by atoms with van der Waals surface area (Å²) in [6.45, 7) is -1.69. The second-order valence-electron chi connectivity index (χ2n) is 7.34. The predicted molar refractivity (Wildman–Crippen MR) is 111 cm³/mol. The molecule has 0 unspecified atom stereocenters. The Morgan fingerprint density at radius 2 is 1.88 bits per heavy atom. The molecule has 11 heteroatoms. The Morgan fingerprint density at radius 3 is 2.48 bits per heavy atom. The van der Waals surface area contributed by atoms with Crippen LogP contribution in [0.1, 0.15) is 27.4 Å². The van der Waals surface area contributed by atoms with Crippen LogP contribution in [0, 0.1) is 33.9 Å². The SMILES string of the molecule is N#Cc1cc(F)cc(NC(=O)[C@H]2c3ccccc3C(=O)N(CC(F)(F)F)[C@@H]2C(C=N)C=N)c1. The summed E-state index contributed by atoms with van der Waals surface area (Å²) in [5.41, 5.74) is -0.192. The number of hydrogen-bond donors (Lipinski definition) is 3. The number of carbonyl (C=O) groups is 2. The van der Waals surface area contributed by atoms with Crippen molar-refractivity contribution in [1.82, 2.24) is 4.90 Å². The van der Waals surface area contributed by atoms with Gasteiger partial charge in [-0.2, -0.15) is 18.4 Å². The van der Waals surface area contributed by atoms with Gasteiger partial charge in [0.15, 0.2) is 0 Å². The van der Waals surface area contributed by atoms with Gasteiger partial charge in [-0.05, 0) is 29.8 Å². The van der Waals surface area contributed by atoms with Gasteiger partial charge in [0.25, 0.3) is 5.91 Å². The van der Waals surface area contributed by atoms with Crippen LogP contribution in [-0.4, -0.2) is 47.9 Å². The number of nitrogens with zero attached hydrogens (tertiary/aromatic N) is 2. The van der Waals surface area contributed by atoms with Crippen LogP contribution in [0.5, 0.6) is 0 Å². The van der Waals surface area contributed by atoms with Crippen LogP contribution in [0.4, 0.5) is 23.2 Å². The van der Waals surface area contributed by atoms with Crippen molar-refractivity contribution >= 4 is 29.9 Å². The molecule has 33 heavy (non-hydrogen) atoms. The molecule has 0 radical (unpaired) electrons. The molecule has 1 aliphatic heterocycles. The zero-order valence-electron chi connectivity index (χ0n) is 16.9. The largest absolute Gasteiger partial charge is 0.406 e. The Hall–Kier alpha value is -4.07. The van der Waals surface area contributed by atoms with Gasteiger partial charge in [0.1, 0.15) is 12.4 Å². The minimum absolute atomic E-state index is 0.0865. The van der Waals surface area contributed by atoms with Crippen LogP contribution >= 0.6 is 0 Å². The number of halogens is 4. The fourth-order valence-electron chi connectivity index (χ4n) is 3.91. The maximum Gasteiger partial charge on any atom is 0.406 e. The number of hydrogen-bond acceptors (Lipinski definition) is 5. The molecule has 0 bridgehead atoms. The summed E-state index contributed by atoms with van der Waals surface area (Å²) in [5, 5.41) is 26.6. The van der Waals surface area contributed by atoms with Crippen molar-refractivity contribution in [3.63, 3.8) is 0 Å². The molecule has 3 rings (SSSR count). The third-order valence-corrected chi connectivity index (χ3v) is 5.19. The normalized spacial score (nSPS) is 18.6. The first-order valence-corrected chi connectivity index (χ1v) is 9.59. The van der Waals surface area contributed by atoms with E-state index in [4.69, 9.17) is 16.1 Å². The molecular weight excluding hydrogens is 442 g/mol. The Kier molecular flexibility index (Phi) is 6.57. The summed E-state index contributed by atoms with van der Waals surface area (Å²) in [7, 11) is 0. The highest BCUT2D eigenvalue weighted by molar-refractivity contribution is 6.05. The Bertz CT molecular complexity index is 1150. The van der Waals surface area contributed by atoms with Gasteiger partial charge in [0.05, 0.1) is 23.6 Å². The zero-order chi connectivity index (χ0) is 24.3. The van der Waals surface area contributed by atoms with E-state index >= 15 is 0 Å². The van der Waals surface area contributed by atoms with Crippen molar-refractivity contribution in [3.05, 3.63) is 65.0 Å². The van der Waals surface area contributed by atoms with E-state index in [0.717, 1.165) is 12.1 Å². The first kappa shape index (κ1) is 23.6. The minimum atomic E-state index is -4.81. The molecule has 2 amide bonds. The summed E-state index contributed by atoms with van der Waals surface area (Å²) in [6, 6.07) is 8.90. The van der Waals surface area contributed by atoms with Crippen molar-refractivity contribution in [2.24, 2.45) is 5.92 Å².